The number of rotatable bonds is 6. The molecule has 26 heavy (non-hydrogen) atoms. The van der Waals surface area contributed by atoms with E-state index < -0.39 is 6.10 Å². The summed E-state index contributed by atoms with van der Waals surface area (Å²) in [4.78, 5) is 16.5. The first-order chi connectivity index (χ1) is 12.6. The minimum atomic E-state index is -0.550. The number of hydrogen-bond donors (Lipinski definition) is 1. The molecule has 1 heterocycles. The van der Waals surface area contributed by atoms with Crippen molar-refractivity contribution in [3.05, 3.63) is 63.7 Å². The van der Waals surface area contributed by atoms with E-state index in [1.54, 1.807) is 0 Å². The molecule has 1 N–H and O–H groups in total. The number of hydrogen-bond acceptors (Lipinski definition) is 4. The summed E-state index contributed by atoms with van der Waals surface area (Å²) in [6, 6.07) is 17.1. The van der Waals surface area contributed by atoms with Crippen LogP contribution in [0.15, 0.2) is 54.6 Å². The molecule has 0 bridgehead atoms. The normalized spacial score (nSPS) is 16.3. The van der Waals surface area contributed by atoms with Crippen LogP contribution in [0.5, 0.6) is 5.75 Å². The van der Waals surface area contributed by atoms with Gasteiger partial charge < -0.3 is 14.7 Å². The average Bonchev–Trinajstić information content (AvgIpc) is 2.68. The van der Waals surface area contributed by atoms with Crippen molar-refractivity contribution in [3.63, 3.8) is 0 Å². The first-order valence-corrected chi connectivity index (χ1v) is 9.83. The highest BCUT2D eigenvalue weighted by Gasteiger charge is 2.23. The van der Waals surface area contributed by atoms with E-state index in [4.69, 9.17) is 4.74 Å². The van der Waals surface area contributed by atoms with Gasteiger partial charge in [0.1, 0.15) is 18.5 Å². The molecule has 2 aromatic rings. The molecule has 0 spiro atoms. The number of ether oxygens (including phenoxy) is 1. The monoisotopic (exact) mass is 466 g/mol. The minimum Gasteiger partial charge on any atom is -0.491 e. The van der Waals surface area contributed by atoms with Crippen LogP contribution >= 0.6 is 22.6 Å². The van der Waals surface area contributed by atoms with Crippen LogP contribution in [0.2, 0.25) is 0 Å². The van der Waals surface area contributed by atoms with Crippen molar-refractivity contribution in [2.45, 2.75) is 6.10 Å². The van der Waals surface area contributed by atoms with E-state index in [0.717, 1.165) is 28.0 Å². The molecule has 0 saturated carbocycles. The van der Waals surface area contributed by atoms with Crippen molar-refractivity contribution in [1.82, 2.24) is 9.80 Å². The Bertz CT molecular complexity index is 701. The van der Waals surface area contributed by atoms with Crippen LogP contribution in [0.3, 0.4) is 0 Å². The van der Waals surface area contributed by atoms with E-state index in [-0.39, 0.29) is 12.5 Å². The van der Waals surface area contributed by atoms with Crippen LogP contribution in [0.4, 0.5) is 0 Å². The summed E-state index contributed by atoms with van der Waals surface area (Å²) in [7, 11) is 0. The fraction of sp³-hybridized carbons (Fsp3) is 0.350. The maximum absolute atomic E-state index is 12.4. The Morgan fingerprint density at radius 2 is 1.69 bits per heavy atom. The molecule has 5 nitrogen and oxygen atoms in total. The first kappa shape index (κ1) is 19.1. The molecule has 1 saturated heterocycles. The highest BCUT2D eigenvalue weighted by Crippen LogP contribution is 2.14. The largest absolute Gasteiger partial charge is 0.491 e. The third-order valence-electron chi connectivity index (χ3n) is 4.41. The van der Waals surface area contributed by atoms with Gasteiger partial charge in [0.25, 0.3) is 5.91 Å². The van der Waals surface area contributed by atoms with Crippen LogP contribution in [0.1, 0.15) is 10.4 Å². The molecule has 1 aliphatic rings. The maximum Gasteiger partial charge on any atom is 0.253 e. The summed E-state index contributed by atoms with van der Waals surface area (Å²) in [5.41, 5.74) is 0.729. The molecule has 1 atom stereocenters. The van der Waals surface area contributed by atoms with Crippen LogP contribution in [-0.2, 0) is 0 Å². The molecule has 3 rings (SSSR count). The molecule has 0 radical (unpaired) electrons. The third kappa shape index (κ3) is 5.43. The van der Waals surface area contributed by atoms with E-state index >= 15 is 0 Å². The molecule has 1 amide bonds. The van der Waals surface area contributed by atoms with Crippen molar-refractivity contribution in [2.24, 2.45) is 0 Å². The zero-order chi connectivity index (χ0) is 18.4. The van der Waals surface area contributed by atoms with Gasteiger partial charge in [-0.2, -0.15) is 0 Å². The third-order valence-corrected chi connectivity index (χ3v) is 5.12. The molecule has 6 heteroatoms. The van der Waals surface area contributed by atoms with E-state index in [2.05, 4.69) is 27.5 Å². The SMILES string of the molecule is O=C(c1ccccc1)N1CCN(CC(O)COc2ccc(I)cc2)CC1. The van der Waals surface area contributed by atoms with Gasteiger partial charge in [-0.25, -0.2) is 0 Å². The van der Waals surface area contributed by atoms with Crippen molar-refractivity contribution < 1.29 is 14.6 Å². The lowest BCUT2D eigenvalue weighted by molar-refractivity contribution is 0.0403. The number of benzene rings is 2. The molecular weight excluding hydrogens is 443 g/mol. The van der Waals surface area contributed by atoms with E-state index in [9.17, 15) is 9.90 Å². The number of β-amino-alcohol motifs (C(OH)–C–C–N with tert-alkyl or cyclic N) is 1. The lowest BCUT2D eigenvalue weighted by Crippen LogP contribution is -2.50. The zero-order valence-corrected chi connectivity index (χ0v) is 16.7. The standard InChI is InChI=1S/C20H23IN2O3/c21-17-6-8-19(9-7-17)26-15-18(24)14-22-10-12-23(13-11-22)20(25)16-4-2-1-3-5-16/h1-9,18,24H,10-15H2. The second-order valence-electron chi connectivity index (χ2n) is 6.38. The minimum absolute atomic E-state index is 0.0767. The Balaban J connectivity index is 1.40. The average molecular weight is 466 g/mol. The summed E-state index contributed by atoms with van der Waals surface area (Å²) in [6.45, 7) is 3.71. The highest BCUT2D eigenvalue weighted by molar-refractivity contribution is 14.1. The quantitative estimate of drug-likeness (QED) is 0.665. The van der Waals surface area contributed by atoms with Crippen molar-refractivity contribution in [3.8, 4) is 5.75 Å². The fourth-order valence-corrected chi connectivity index (χ4v) is 3.33. The number of carbonyl (C=O) groups is 1. The van der Waals surface area contributed by atoms with Gasteiger partial charge in [-0.1, -0.05) is 18.2 Å². The summed E-state index contributed by atoms with van der Waals surface area (Å²) < 4.78 is 6.79. The molecule has 2 aromatic carbocycles. The van der Waals surface area contributed by atoms with Crippen molar-refractivity contribution >= 4 is 28.5 Å². The summed E-state index contributed by atoms with van der Waals surface area (Å²) >= 11 is 2.25. The van der Waals surface area contributed by atoms with E-state index in [1.165, 1.54) is 0 Å². The topological polar surface area (TPSA) is 53.0 Å². The number of aliphatic hydroxyl groups is 1. The number of amides is 1. The lowest BCUT2D eigenvalue weighted by atomic mass is 10.2. The predicted octanol–water partition coefficient (Wildman–Crippen LogP) is 2.49. The van der Waals surface area contributed by atoms with Crippen LogP contribution in [-0.4, -0.2) is 66.2 Å². The summed E-state index contributed by atoms with van der Waals surface area (Å²) in [5.74, 6) is 0.843. The predicted molar refractivity (Wildman–Crippen MR) is 109 cm³/mol. The smallest absolute Gasteiger partial charge is 0.253 e. The molecule has 0 aliphatic carbocycles. The van der Waals surface area contributed by atoms with Gasteiger partial charge in [-0.05, 0) is 59.0 Å². The second kappa shape index (κ2) is 9.34. The van der Waals surface area contributed by atoms with E-state index in [0.29, 0.717) is 19.6 Å². The molecule has 0 aromatic heterocycles. The fourth-order valence-electron chi connectivity index (χ4n) is 2.97. The molecular formula is C20H23IN2O3. The van der Waals surface area contributed by atoms with Gasteiger partial charge in [0.15, 0.2) is 0 Å². The van der Waals surface area contributed by atoms with Gasteiger partial charge in [0, 0.05) is 41.9 Å². The van der Waals surface area contributed by atoms with Gasteiger partial charge in [-0.3, -0.25) is 9.69 Å². The lowest BCUT2D eigenvalue weighted by Gasteiger charge is -2.35. The van der Waals surface area contributed by atoms with E-state index in [1.807, 2.05) is 59.5 Å². The number of nitrogens with zero attached hydrogens (tertiary/aromatic N) is 2. The molecule has 1 fully saturated rings. The first-order valence-electron chi connectivity index (χ1n) is 8.75. The maximum atomic E-state index is 12.4. The van der Waals surface area contributed by atoms with Gasteiger partial charge in [0.05, 0.1) is 0 Å². The number of carbonyl (C=O) groups excluding carboxylic acids is 1. The zero-order valence-electron chi connectivity index (χ0n) is 14.6. The van der Waals surface area contributed by atoms with Crippen molar-refractivity contribution in [1.29, 1.82) is 0 Å². The number of piperazine rings is 1. The second-order valence-corrected chi connectivity index (χ2v) is 7.62. The summed E-state index contributed by atoms with van der Waals surface area (Å²) in [6.07, 6.45) is -0.550. The Labute approximate surface area is 167 Å². The molecule has 138 valence electrons. The van der Waals surface area contributed by atoms with Gasteiger partial charge in [-0.15, -0.1) is 0 Å². The number of halogens is 1. The van der Waals surface area contributed by atoms with Crippen LogP contribution in [0, 0.1) is 3.57 Å². The van der Waals surface area contributed by atoms with Crippen molar-refractivity contribution in [2.75, 3.05) is 39.3 Å². The Morgan fingerprint density at radius 3 is 2.35 bits per heavy atom. The van der Waals surface area contributed by atoms with Crippen LogP contribution in [0.25, 0.3) is 0 Å². The van der Waals surface area contributed by atoms with Gasteiger partial charge in [0.2, 0.25) is 0 Å². The van der Waals surface area contributed by atoms with Gasteiger partial charge >= 0.3 is 0 Å². The molecule has 1 aliphatic heterocycles. The Hall–Kier alpha value is -1.64. The Kier molecular flexibility index (Phi) is 6.87. The number of aliphatic hydroxyl groups excluding tert-OH is 1. The highest BCUT2D eigenvalue weighted by atomic mass is 127. The summed E-state index contributed by atoms with van der Waals surface area (Å²) in [5, 5.41) is 10.2. The Morgan fingerprint density at radius 1 is 1.04 bits per heavy atom. The van der Waals surface area contributed by atoms with Crippen LogP contribution < -0.4 is 4.74 Å². The molecule has 1 unspecified atom stereocenters.